The van der Waals surface area contributed by atoms with Crippen molar-refractivity contribution in [1.82, 2.24) is 9.80 Å². The summed E-state index contributed by atoms with van der Waals surface area (Å²) < 4.78 is 19.0. The molecule has 5 heteroatoms. The van der Waals surface area contributed by atoms with E-state index < -0.39 is 0 Å². The van der Waals surface area contributed by atoms with Gasteiger partial charge in [-0.1, -0.05) is 42.5 Å². The van der Waals surface area contributed by atoms with Crippen LogP contribution in [0.4, 0.5) is 4.39 Å². The molecule has 0 spiro atoms. The van der Waals surface area contributed by atoms with Gasteiger partial charge in [0.15, 0.2) is 0 Å². The Hall–Kier alpha value is -2.24. The van der Waals surface area contributed by atoms with E-state index in [1.807, 2.05) is 49.1 Å². The molecule has 0 bridgehead atoms. The van der Waals surface area contributed by atoms with Crippen LogP contribution in [0.1, 0.15) is 31.1 Å². The first-order valence-electron chi connectivity index (χ1n) is 9.52. The highest BCUT2D eigenvalue weighted by atomic mass is 19.1. The molecular formula is C22H27FN2O2. The lowest BCUT2D eigenvalue weighted by atomic mass is 10.1. The second-order valence-electron chi connectivity index (χ2n) is 6.92. The Bertz CT molecular complexity index is 736. The van der Waals surface area contributed by atoms with Gasteiger partial charge in [0, 0.05) is 26.2 Å². The number of ether oxygens (including phenoxy) is 1. The minimum atomic E-state index is -0.255. The number of amides is 1. The molecule has 0 unspecified atom stereocenters. The topological polar surface area (TPSA) is 32.8 Å². The molecule has 144 valence electrons. The van der Waals surface area contributed by atoms with Crippen molar-refractivity contribution in [3.05, 3.63) is 71.5 Å². The Balaban J connectivity index is 1.65. The lowest BCUT2D eigenvalue weighted by Gasteiger charge is -2.38. The van der Waals surface area contributed by atoms with Crippen LogP contribution in [-0.2, 0) is 16.1 Å². The Morgan fingerprint density at radius 2 is 1.93 bits per heavy atom. The molecule has 1 saturated heterocycles. The molecule has 1 fully saturated rings. The monoisotopic (exact) mass is 370 g/mol. The number of hydrogen-bond acceptors (Lipinski definition) is 3. The van der Waals surface area contributed by atoms with Gasteiger partial charge in [0.05, 0.1) is 18.8 Å². The largest absolute Gasteiger partial charge is 0.371 e. The number of morpholine rings is 1. The van der Waals surface area contributed by atoms with Gasteiger partial charge in [-0.2, -0.15) is 0 Å². The molecule has 3 rings (SSSR count). The van der Waals surface area contributed by atoms with Crippen LogP contribution in [0.15, 0.2) is 54.6 Å². The van der Waals surface area contributed by atoms with E-state index in [4.69, 9.17) is 4.74 Å². The van der Waals surface area contributed by atoms with Gasteiger partial charge in [0.1, 0.15) is 5.82 Å². The Kier molecular flexibility index (Phi) is 6.58. The molecule has 4 nitrogen and oxygen atoms in total. The molecule has 27 heavy (non-hydrogen) atoms. The summed E-state index contributed by atoms with van der Waals surface area (Å²) in [6.45, 7) is 7.16. The normalized spacial score (nSPS) is 18.9. The van der Waals surface area contributed by atoms with E-state index >= 15 is 0 Å². The van der Waals surface area contributed by atoms with Gasteiger partial charge >= 0.3 is 0 Å². The highest BCUT2D eigenvalue weighted by molar-refractivity contribution is 5.81. The quantitative estimate of drug-likeness (QED) is 0.778. The molecule has 0 saturated carbocycles. The number of carbonyl (C=O) groups is 1. The standard InChI is InChI=1S/C22H27FN2O2/c1-3-24(15-18-7-5-4-6-8-18)22(26)17(2)25-13-14-27-21(16-25)19-9-11-20(23)12-10-19/h4-12,17,21H,3,13-16H2,1-2H3/t17-,21-/m0/s1. The van der Waals surface area contributed by atoms with Crippen LogP contribution in [0.2, 0.25) is 0 Å². The fraction of sp³-hybridized carbons (Fsp3) is 0.409. The van der Waals surface area contributed by atoms with E-state index in [1.54, 1.807) is 12.1 Å². The molecule has 1 aliphatic heterocycles. The van der Waals surface area contributed by atoms with Crippen LogP contribution in [-0.4, -0.2) is 48.0 Å². The third-order valence-electron chi connectivity index (χ3n) is 5.15. The van der Waals surface area contributed by atoms with E-state index in [0.29, 0.717) is 32.8 Å². The molecule has 2 aromatic carbocycles. The van der Waals surface area contributed by atoms with Crippen molar-refractivity contribution in [1.29, 1.82) is 0 Å². The fourth-order valence-corrected chi connectivity index (χ4v) is 3.47. The minimum absolute atomic E-state index is 0.126. The molecule has 0 radical (unpaired) electrons. The first-order valence-corrected chi connectivity index (χ1v) is 9.52. The first kappa shape index (κ1) is 19.5. The minimum Gasteiger partial charge on any atom is -0.371 e. The average molecular weight is 370 g/mol. The molecule has 1 amide bonds. The summed E-state index contributed by atoms with van der Waals surface area (Å²) in [5, 5.41) is 0. The summed E-state index contributed by atoms with van der Waals surface area (Å²) in [4.78, 5) is 17.1. The molecular weight excluding hydrogens is 343 g/mol. The maximum atomic E-state index is 13.2. The van der Waals surface area contributed by atoms with Crippen LogP contribution in [0.25, 0.3) is 0 Å². The predicted octanol–water partition coefficient (Wildman–Crippen LogP) is 3.64. The SMILES string of the molecule is CCN(Cc1ccccc1)C(=O)[C@H](C)N1CCO[C@H](c2ccc(F)cc2)C1. The Morgan fingerprint density at radius 3 is 2.59 bits per heavy atom. The number of likely N-dealkylation sites (N-methyl/N-ethyl adjacent to an activating group) is 1. The van der Waals surface area contributed by atoms with Crippen LogP contribution in [0, 0.1) is 5.82 Å². The van der Waals surface area contributed by atoms with Gasteiger partial charge in [0.2, 0.25) is 5.91 Å². The maximum Gasteiger partial charge on any atom is 0.239 e. The number of halogens is 1. The van der Waals surface area contributed by atoms with E-state index in [1.165, 1.54) is 12.1 Å². The summed E-state index contributed by atoms with van der Waals surface area (Å²) in [7, 11) is 0. The predicted molar refractivity (Wildman–Crippen MR) is 104 cm³/mol. The van der Waals surface area contributed by atoms with Crippen LogP contribution in [0.5, 0.6) is 0 Å². The van der Waals surface area contributed by atoms with Gasteiger partial charge in [-0.05, 0) is 37.1 Å². The summed E-state index contributed by atoms with van der Waals surface area (Å²) >= 11 is 0. The maximum absolute atomic E-state index is 13.2. The molecule has 1 aliphatic rings. The summed E-state index contributed by atoms with van der Waals surface area (Å²) in [5.74, 6) is -0.129. The lowest BCUT2D eigenvalue weighted by Crippen LogP contribution is -2.51. The van der Waals surface area contributed by atoms with E-state index in [9.17, 15) is 9.18 Å². The highest BCUT2D eigenvalue weighted by Crippen LogP contribution is 2.24. The zero-order chi connectivity index (χ0) is 19.2. The molecule has 2 aromatic rings. The fourth-order valence-electron chi connectivity index (χ4n) is 3.47. The highest BCUT2D eigenvalue weighted by Gasteiger charge is 2.30. The van der Waals surface area contributed by atoms with Crippen molar-refractivity contribution in [3.8, 4) is 0 Å². The average Bonchev–Trinajstić information content (AvgIpc) is 2.72. The van der Waals surface area contributed by atoms with Gasteiger partial charge < -0.3 is 9.64 Å². The molecule has 1 heterocycles. The molecule has 2 atom stereocenters. The zero-order valence-electron chi connectivity index (χ0n) is 16.0. The van der Waals surface area contributed by atoms with Crippen molar-refractivity contribution in [2.45, 2.75) is 32.5 Å². The summed E-state index contributed by atoms with van der Waals surface area (Å²) in [6, 6.07) is 16.2. The zero-order valence-corrected chi connectivity index (χ0v) is 16.0. The van der Waals surface area contributed by atoms with E-state index in [2.05, 4.69) is 4.90 Å². The van der Waals surface area contributed by atoms with E-state index in [0.717, 1.165) is 11.1 Å². The third-order valence-corrected chi connectivity index (χ3v) is 5.15. The van der Waals surface area contributed by atoms with Crippen molar-refractivity contribution in [2.24, 2.45) is 0 Å². The van der Waals surface area contributed by atoms with Crippen LogP contribution in [0.3, 0.4) is 0 Å². The number of rotatable bonds is 6. The summed E-state index contributed by atoms with van der Waals surface area (Å²) in [5.41, 5.74) is 2.07. The number of benzene rings is 2. The van der Waals surface area contributed by atoms with Crippen molar-refractivity contribution in [2.75, 3.05) is 26.2 Å². The third kappa shape index (κ3) is 4.93. The Labute approximate surface area is 160 Å². The van der Waals surface area contributed by atoms with E-state index in [-0.39, 0.29) is 23.9 Å². The van der Waals surface area contributed by atoms with Crippen LogP contribution < -0.4 is 0 Å². The van der Waals surface area contributed by atoms with Crippen molar-refractivity contribution < 1.29 is 13.9 Å². The first-order chi connectivity index (χ1) is 13.1. The number of nitrogens with zero attached hydrogens (tertiary/aromatic N) is 2. The van der Waals surface area contributed by atoms with Gasteiger partial charge in [-0.3, -0.25) is 9.69 Å². The van der Waals surface area contributed by atoms with Crippen molar-refractivity contribution in [3.63, 3.8) is 0 Å². The number of carbonyl (C=O) groups excluding carboxylic acids is 1. The van der Waals surface area contributed by atoms with Gasteiger partial charge in [-0.25, -0.2) is 4.39 Å². The summed E-state index contributed by atoms with van der Waals surface area (Å²) in [6.07, 6.45) is -0.140. The second kappa shape index (κ2) is 9.11. The molecule has 0 N–H and O–H groups in total. The van der Waals surface area contributed by atoms with Gasteiger partial charge in [-0.15, -0.1) is 0 Å². The van der Waals surface area contributed by atoms with Crippen LogP contribution >= 0.6 is 0 Å². The lowest BCUT2D eigenvalue weighted by molar-refractivity contribution is -0.140. The number of hydrogen-bond donors (Lipinski definition) is 0. The van der Waals surface area contributed by atoms with Crippen molar-refractivity contribution >= 4 is 5.91 Å². The van der Waals surface area contributed by atoms with Gasteiger partial charge in [0.25, 0.3) is 0 Å². The Morgan fingerprint density at radius 1 is 1.22 bits per heavy atom. The smallest absolute Gasteiger partial charge is 0.239 e. The molecule has 0 aromatic heterocycles. The molecule has 0 aliphatic carbocycles. The second-order valence-corrected chi connectivity index (χ2v) is 6.92.